The highest BCUT2D eigenvalue weighted by atomic mass is 16.8. The van der Waals surface area contributed by atoms with E-state index in [0.717, 1.165) is 0 Å². The average Bonchev–Trinajstić information content (AvgIpc) is 1.82. The molecule has 0 radical (unpaired) electrons. The quantitative estimate of drug-likeness (QED) is 0.181. The lowest BCUT2D eigenvalue weighted by Crippen LogP contribution is -2.43. The van der Waals surface area contributed by atoms with E-state index in [1.165, 1.54) is 6.92 Å². The molecular weight excluding hydrogens is 154 g/mol. The SMILES string of the molecule is CC(=O)NN=C(N)NN(O)O. The average molecular weight is 163 g/mol. The number of nitrogens with one attached hydrogen (secondary N) is 2. The number of guanidine groups is 1. The number of hydrazone groups is 1. The monoisotopic (exact) mass is 163 g/mol. The molecule has 64 valence electrons. The van der Waals surface area contributed by atoms with Gasteiger partial charge in [0.25, 0.3) is 0 Å². The first-order valence-electron chi connectivity index (χ1n) is 2.56. The minimum atomic E-state index is -0.419. The Kier molecular flexibility index (Phi) is 3.88. The molecule has 1 amide bonds. The van der Waals surface area contributed by atoms with Crippen LogP contribution in [0, 0.1) is 0 Å². The summed E-state index contributed by atoms with van der Waals surface area (Å²) in [6.45, 7) is 1.23. The smallest absolute Gasteiger partial charge is 0.237 e. The number of carbonyl (C=O) groups is 1. The van der Waals surface area contributed by atoms with E-state index in [4.69, 9.17) is 16.1 Å². The van der Waals surface area contributed by atoms with Gasteiger partial charge in [-0.3, -0.25) is 15.2 Å². The summed E-state index contributed by atoms with van der Waals surface area (Å²) in [4.78, 5) is 10.2. The van der Waals surface area contributed by atoms with Gasteiger partial charge in [0.05, 0.1) is 0 Å². The van der Waals surface area contributed by atoms with Gasteiger partial charge in [-0.05, 0) is 0 Å². The lowest BCUT2D eigenvalue weighted by Gasteiger charge is -2.06. The predicted molar refractivity (Wildman–Crippen MR) is 34.0 cm³/mol. The van der Waals surface area contributed by atoms with Crippen LogP contribution in [0.4, 0.5) is 0 Å². The number of nitrogens with two attached hydrogens (primary N) is 1. The molecular formula is C3H9N5O3. The minimum absolute atomic E-state index is 0.356. The van der Waals surface area contributed by atoms with Gasteiger partial charge >= 0.3 is 0 Å². The van der Waals surface area contributed by atoms with Crippen molar-refractivity contribution in [2.24, 2.45) is 10.8 Å². The second-order valence-electron chi connectivity index (χ2n) is 1.57. The van der Waals surface area contributed by atoms with Gasteiger partial charge < -0.3 is 5.73 Å². The van der Waals surface area contributed by atoms with Crippen LogP contribution in [0.3, 0.4) is 0 Å². The Morgan fingerprint density at radius 2 is 2.18 bits per heavy atom. The lowest BCUT2D eigenvalue weighted by atomic mass is 10.8. The molecule has 0 aliphatic carbocycles. The molecule has 0 saturated heterocycles. The van der Waals surface area contributed by atoms with Crippen molar-refractivity contribution in [1.82, 2.24) is 16.2 Å². The summed E-state index contributed by atoms with van der Waals surface area (Å²) >= 11 is 0. The zero-order chi connectivity index (χ0) is 8.85. The molecule has 8 nitrogen and oxygen atoms in total. The first-order chi connectivity index (χ1) is 5.02. The lowest BCUT2D eigenvalue weighted by molar-refractivity contribution is -0.329. The predicted octanol–water partition coefficient (Wildman–Crippen LogP) is -2.06. The second kappa shape index (κ2) is 4.44. The molecule has 0 bridgehead atoms. The van der Waals surface area contributed by atoms with Gasteiger partial charge in [-0.25, -0.2) is 10.9 Å². The molecule has 0 aromatic carbocycles. The Labute approximate surface area is 62.2 Å². The summed E-state index contributed by atoms with van der Waals surface area (Å²) in [5, 5.41) is 19.0. The molecule has 0 saturated carbocycles. The Bertz CT molecular complexity index is 166. The fourth-order valence-corrected chi connectivity index (χ4v) is 0.266. The van der Waals surface area contributed by atoms with Crippen LogP contribution in [0.25, 0.3) is 0 Å². The van der Waals surface area contributed by atoms with E-state index >= 15 is 0 Å². The first kappa shape index (κ1) is 9.62. The topological polar surface area (TPSA) is 123 Å². The standard InChI is InChI=1S/C3H9N5O3/c1-2(9)5-6-3(4)7-8(10)11/h10-11H,1H3,(H,5,9)(H3,4,6,7). The number of hydrogen-bond acceptors (Lipinski definition) is 5. The molecule has 0 rings (SSSR count). The summed E-state index contributed by atoms with van der Waals surface area (Å²) < 4.78 is 0. The van der Waals surface area contributed by atoms with Gasteiger partial charge in [0, 0.05) is 12.3 Å². The molecule has 0 atom stereocenters. The molecule has 11 heavy (non-hydrogen) atoms. The number of carbonyl (C=O) groups excluding carboxylic acids is 1. The number of nitrogens with zero attached hydrogens (tertiary/aromatic N) is 2. The van der Waals surface area contributed by atoms with Crippen LogP contribution in [0.1, 0.15) is 6.92 Å². The summed E-state index contributed by atoms with van der Waals surface area (Å²) in [5.41, 5.74) is 8.70. The first-order valence-corrected chi connectivity index (χ1v) is 2.56. The van der Waals surface area contributed by atoms with E-state index in [0.29, 0.717) is 0 Å². The minimum Gasteiger partial charge on any atom is -0.367 e. The van der Waals surface area contributed by atoms with E-state index < -0.39 is 5.91 Å². The highest BCUT2D eigenvalue weighted by Gasteiger charge is 1.94. The molecule has 0 aliphatic heterocycles. The van der Waals surface area contributed by atoms with E-state index in [1.807, 2.05) is 5.43 Å². The summed E-state index contributed by atoms with van der Waals surface area (Å²) in [6, 6.07) is 0. The number of rotatable bonds is 2. The number of amides is 1. The third-order valence-corrected chi connectivity index (χ3v) is 0.548. The van der Waals surface area contributed by atoms with Crippen molar-refractivity contribution in [3.8, 4) is 0 Å². The van der Waals surface area contributed by atoms with Crippen molar-refractivity contribution < 1.29 is 15.2 Å². The van der Waals surface area contributed by atoms with Crippen LogP contribution < -0.4 is 16.6 Å². The largest absolute Gasteiger partial charge is 0.367 e. The number of hydrazine groups is 1. The summed E-state index contributed by atoms with van der Waals surface area (Å²) in [5.74, 6) is -0.776. The maximum Gasteiger partial charge on any atom is 0.237 e. The van der Waals surface area contributed by atoms with Crippen LogP contribution in [-0.2, 0) is 4.79 Å². The zero-order valence-electron chi connectivity index (χ0n) is 5.77. The molecule has 0 aliphatic rings. The van der Waals surface area contributed by atoms with Crippen molar-refractivity contribution in [1.29, 1.82) is 0 Å². The number of hydrogen-bond donors (Lipinski definition) is 5. The van der Waals surface area contributed by atoms with Crippen LogP contribution in [0.15, 0.2) is 5.10 Å². The third kappa shape index (κ3) is 6.51. The van der Waals surface area contributed by atoms with Crippen molar-refractivity contribution in [3.63, 3.8) is 0 Å². The molecule has 6 N–H and O–H groups in total. The van der Waals surface area contributed by atoms with Gasteiger partial charge in [0.2, 0.25) is 11.9 Å². The van der Waals surface area contributed by atoms with Crippen LogP contribution in [-0.4, -0.2) is 27.6 Å². The zero-order valence-corrected chi connectivity index (χ0v) is 5.77. The van der Waals surface area contributed by atoms with Crippen LogP contribution in [0.5, 0.6) is 0 Å². The second-order valence-corrected chi connectivity index (χ2v) is 1.57. The Balaban J connectivity index is 3.72. The fourth-order valence-electron chi connectivity index (χ4n) is 0.266. The normalized spacial score (nSPS) is 11.5. The van der Waals surface area contributed by atoms with E-state index in [9.17, 15) is 4.79 Å². The molecule has 0 unspecified atom stereocenters. The third-order valence-electron chi connectivity index (χ3n) is 0.548. The molecule has 0 fully saturated rings. The van der Waals surface area contributed by atoms with Gasteiger partial charge in [-0.2, -0.15) is 0 Å². The van der Waals surface area contributed by atoms with Crippen LogP contribution in [0.2, 0.25) is 0 Å². The van der Waals surface area contributed by atoms with Crippen molar-refractivity contribution in [3.05, 3.63) is 0 Å². The van der Waals surface area contributed by atoms with Gasteiger partial charge in [-0.15, -0.1) is 5.10 Å². The Hall–Kier alpha value is -1.38. The summed E-state index contributed by atoms with van der Waals surface area (Å²) in [6.07, 6.45) is 0. The molecule has 8 heteroatoms. The molecule has 0 aromatic rings. The summed E-state index contributed by atoms with van der Waals surface area (Å²) in [7, 11) is 0. The van der Waals surface area contributed by atoms with Crippen LogP contribution >= 0.6 is 0 Å². The Morgan fingerprint density at radius 1 is 1.64 bits per heavy atom. The fraction of sp³-hybridized carbons (Fsp3) is 0.333. The Morgan fingerprint density at radius 3 is 2.55 bits per heavy atom. The van der Waals surface area contributed by atoms with Gasteiger partial charge in [0.1, 0.15) is 0 Å². The van der Waals surface area contributed by atoms with E-state index in [-0.39, 0.29) is 11.3 Å². The maximum atomic E-state index is 10.2. The highest BCUT2D eigenvalue weighted by Crippen LogP contribution is 1.64. The van der Waals surface area contributed by atoms with Crippen molar-refractivity contribution in [2.75, 3.05) is 0 Å². The van der Waals surface area contributed by atoms with E-state index in [1.54, 1.807) is 5.43 Å². The van der Waals surface area contributed by atoms with Gasteiger partial charge in [0.15, 0.2) is 0 Å². The highest BCUT2D eigenvalue weighted by molar-refractivity contribution is 5.80. The maximum absolute atomic E-state index is 10.2. The molecule has 0 aromatic heterocycles. The molecule has 0 spiro atoms. The van der Waals surface area contributed by atoms with E-state index in [2.05, 4.69) is 5.10 Å². The van der Waals surface area contributed by atoms with Crippen molar-refractivity contribution >= 4 is 11.9 Å². The molecule has 0 heterocycles. The van der Waals surface area contributed by atoms with Gasteiger partial charge in [-0.1, -0.05) is 0 Å². The van der Waals surface area contributed by atoms with Crippen molar-refractivity contribution in [2.45, 2.75) is 6.92 Å².